The maximum atomic E-state index is 10.9. The van der Waals surface area contributed by atoms with Crippen LogP contribution in [0.15, 0.2) is 10.6 Å². The van der Waals surface area contributed by atoms with Crippen LogP contribution in [0, 0.1) is 11.3 Å². The smallest absolute Gasteiger partial charge is 0.300 e. The van der Waals surface area contributed by atoms with Crippen LogP contribution in [0.3, 0.4) is 0 Å². The van der Waals surface area contributed by atoms with Crippen molar-refractivity contribution in [3.63, 3.8) is 0 Å². The van der Waals surface area contributed by atoms with Crippen LogP contribution in [0.4, 0.5) is 0 Å². The summed E-state index contributed by atoms with van der Waals surface area (Å²) >= 11 is 0. The summed E-state index contributed by atoms with van der Waals surface area (Å²) in [5.74, 6) is -0.502. The van der Waals surface area contributed by atoms with Crippen LogP contribution in [-0.4, -0.2) is 20.5 Å². The predicted octanol–water partition coefficient (Wildman–Crippen LogP) is 0.0225. The molecule has 0 N–H and O–H groups in total. The molecule has 0 bridgehead atoms. The molecule has 0 aromatic carbocycles. The summed E-state index contributed by atoms with van der Waals surface area (Å²) in [6.07, 6.45) is 1.18. The lowest BCUT2D eigenvalue weighted by Gasteiger charge is -1.95. The Morgan fingerprint density at radius 2 is 2.46 bits per heavy atom. The lowest BCUT2D eigenvalue weighted by Crippen LogP contribution is -2.04. The van der Waals surface area contributed by atoms with Crippen molar-refractivity contribution >= 4 is 10.1 Å². The van der Waals surface area contributed by atoms with Gasteiger partial charge in [0.2, 0.25) is 0 Å². The average molecular weight is 202 g/mol. The first-order chi connectivity index (χ1) is 6.07. The van der Waals surface area contributed by atoms with Gasteiger partial charge in [-0.25, -0.2) is 4.98 Å². The van der Waals surface area contributed by atoms with Gasteiger partial charge in [0.05, 0.1) is 13.3 Å². The van der Waals surface area contributed by atoms with Crippen molar-refractivity contribution in [2.75, 3.05) is 7.11 Å². The van der Waals surface area contributed by atoms with Gasteiger partial charge in [-0.05, 0) is 0 Å². The van der Waals surface area contributed by atoms with E-state index in [0.29, 0.717) is 0 Å². The highest BCUT2D eigenvalue weighted by Gasteiger charge is 2.14. The largest absolute Gasteiger partial charge is 0.432 e. The third kappa shape index (κ3) is 2.54. The van der Waals surface area contributed by atoms with E-state index in [2.05, 4.69) is 9.17 Å². The second-order valence-corrected chi connectivity index (χ2v) is 3.85. The van der Waals surface area contributed by atoms with Gasteiger partial charge in [-0.15, -0.1) is 0 Å². The number of hydrogen-bond donors (Lipinski definition) is 0. The van der Waals surface area contributed by atoms with Crippen LogP contribution in [0.1, 0.15) is 11.7 Å². The van der Waals surface area contributed by atoms with Crippen molar-refractivity contribution in [2.24, 2.45) is 0 Å². The fourth-order valence-corrected chi connectivity index (χ4v) is 1.26. The molecule has 70 valence electrons. The molecular formula is C6H6N2O4S. The summed E-state index contributed by atoms with van der Waals surface area (Å²) in [5.41, 5.74) is 0. The first kappa shape index (κ1) is 9.70. The van der Waals surface area contributed by atoms with E-state index in [1.54, 1.807) is 6.07 Å². The first-order valence-electron chi connectivity index (χ1n) is 3.20. The van der Waals surface area contributed by atoms with Crippen LogP contribution in [0.25, 0.3) is 0 Å². The minimum Gasteiger partial charge on any atom is -0.432 e. The van der Waals surface area contributed by atoms with E-state index in [1.165, 1.54) is 6.20 Å². The van der Waals surface area contributed by atoms with Gasteiger partial charge < -0.3 is 4.42 Å². The van der Waals surface area contributed by atoms with Gasteiger partial charge in [0.25, 0.3) is 10.1 Å². The molecule has 0 saturated heterocycles. The van der Waals surface area contributed by atoms with Crippen molar-refractivity contribution in [3.05, 3.63) is 17.8 Å². The summed E-state index contributed by atoms with van der Waals surface area (Å²) in [5, 5.41) is 8.32. The highest BCUT2D eigenvalue weighted by atomic mass is 32.2. The molecular weight excluding hydrogens is 196 g/mol. The highest BCUT2D eigenvalue weighted by molar-refractivity contribution is 7.85. The van der Waals surface area contributed by atoms with Crippen LogP contribution in [0.5, 0.6) is 0 Å². The molecule has 0 aliphatic rings. The number of nitriles is 1. The maximum Gasteiger partial charge on any atom is 0.300 e. The minimum absolute atomic E-state index is 0.0819. The monoisotopic (exact) mass is 202 g/mol. The van der Waals surface area contributed by atoms with E-state index < -0.39 is 15.9 Å². The Kier molecular flexibility index (Phi) is 2.65. The quantitative estimate of drug-likeness (QED) is 0.641. The third-order valence-corrected chi connectivity index (χ3v) is 2.37. The van der Waals surface area contributed by atoms with Crippen LogP contribution in [0.2, 0.25) is 0 Å². The molecule has 0 amide bonds. The molecule has 1 aromatic rings. The molecule has 1 heterocycles. The fraction of sp³-hybridized carbons (Fsp3) is 0.333. The Bertz CT molecular complexity index is 428. The molecule has 0 spiro atoms. The molecule has 0 aliphatic heterocycles. The summed E-state index contributed by atoms with van der Waals surface area (Å²) < 4.78 is 30.7. The molecule has 6 nitrogen and oxygen atoms in total. The second-order valence-electron chi connectivity index (χ2n) is 2.11. The third-order valence-electron chi connectivity index (χ3n) is 1.22. The van der Waals surface area contributed by atoms with Crippen molar-refractivity contribution in [1.82, 2.24) is 4.98 Å². The Morgan fingerprint density at radius 1 is 1.77 bits per heavy atom. The van der Waals surface area contributed by atoms with Crippen molar-refractivity contribution in [1.29, 1.82) is 5.26 Å². The average Bonchev–Trinajstić information content (AvgIpc) is 2.52. The highest BCUT2D eigenvalue weighted by Crippen LogP contribution is 2.07. The topological polar surface area (TPSA) is 93.2 Å². The Labute approximate surface area is 74.9 Å². The van der Waals surface area contributed by atoms with Gasteiger partial charge in [-0.1, -0.05) is 0 Å². The lowest BCUT2D eigenvalue weighted by atomic mass is 10.6. The number of aromatic nitrogens is 1. The molecule has 0 aliphatic carbocycles. The van der Waals surface area contributed by atoms with Gasteiger partial charge in [-0.3, -0.25) is 4.18 Å². The zero-order valence-corrected chi connectivity index (χ0v) is 7.54. The van der Waals surface area contributed by atoms with E-state index in [-0.39, 0.29) is 11.7 Å². The van der Waals surface area contributed by atoms with Crippen LogP contribution >= 0.6 is 0 Å². The molecule has 0 saturated carbocycles. The first-order valence-corrected chi connectivity index (χ1v) is 4.78. The molecule has 0 radical (unpaired) electrons. The predicted molar refractivity (Wildman–Crippen MR) is 40.9 cm³/mol. The zero-order valence-electron chi connectivity index (χ0n) is 6.72. The van der Waals surface area contributed by atoms with Crippen LogP contribution < -0.4 is 0 Å². The number of nitrogens with zero attached hydrogens (tertiary/aromatic N) is 2. The number of oxazole rings is 1. The standard InChI is InChI=1S/C6H6N2O4S/c1-11-13(9,10)4-5-3-8-6(2-7)12-5/h3H,4H2,1H3. The molecule has 0 fully saturated rings. The van der Waals surface area contributed by atoms with Gasteiger partial charge >= 0.3 is 5.89 Å². The Balaban J connectivity index is 2.83. The summed E-state index contributed by atoms with van der Waals surface area (Å²) in [4.78, 5) is 3.51. The maximum absolute atomic E-state index is 10.9. The minimum atomic E-state index is -3.61. The Hall–Kier alpha value is -1.39. The fourth-order valence-electron chi connectivity index (χ4n) is 0.659. The number of hydrogen-bond acceptors (Lipinski definition) is 6. The Morgan fingerprint density at radius 3 is 2.92 bits per heavy atom. The summed E-state index contributed by atoms with van der Waals surface area (Å²) in [6.45, 7) is 0. The van der Waals surface area contributed by atoms with Gasteiger partial charge in [-0.2, -0.15) is 13.7 Å². The van der Waals surface area contributed by atoms with Gasteiger partial charge in [0.1, 0.15) is 11.5 Å². The molecule has 0 unspecified atom stereocenters. The van der Waals surface area contributed by atoms with E-state index in [9.17, 15) is 8.42 Å². The SMILES string of the molecule is COS(=O)(=O)Cc1cnc(C#N)o1. The van der Waals surface area contributed by atoms with Crippen LogP contribution in [-0.2, 0) is 20.1 Å². The van der Waals surface area contributed by atoms with Crippen molar-refractivity contribution in [3.8, 4) is 6.07 Å². The molecule has 1 rings (SSSR count). The zero-order chi connectivity index (χ0) is 9.90. The van der Waals surface area contributed by atoms with Crippen molar-refractivity contribution in [2.45, 2.75) is 5.75 Å². The number of rotatable bonds is 3. The van der Waals surface area contributed by atoms with E-state index in [4.69, 9.17) is 9.68 Å². The normalized spacial score (nSPS) is 11.1. The van der Waals surface area contributed by atoms with Gasteiger partial charge in [0.15, 0.2) is 6.07 Å². The van der Waals surface area contributed by atoms with E-state index in [1.807, 2.05) is 0 Å². The molecule has 0 atom stereocenters. The molecule has 13 heavy (non-hydrogen) atoms. The lowest BCUT2D eigenvalue weighted by molar-refractivity contribution is 0.391. The van der Waals surface area contributed by atoms with Gasteiger partial charge in [0, 0.05) is 0 Å². The molecule has 7 heteroatoms. The van der Waals surface area contributed by atoms with E-state index >= 15 is 0 Å². The van der Waals surface area contributed by atoms with E-state index in [0.717, 1.165) is 7.11 Å². The van der Waals surface area contributed by atoms with Crippen molar-refractivity contribution < 1.29 is 17.0 Å². The molecule has 1 aromatic heterocycles. The summed E-state index contributed by atoms with van der Waals surface area (Å²) in [6, 6.07) is 1.64. The second kappa shape index (κ2) is 3.55. The summed E-state index contributed by atoms with van der Waals surface area (Å²) in [7, 11) is -2.56.